The van der Waals surface area contributed by atoms with Crippen molar-refractivity contribution in [3.05, 3.63) is 30.1 Å². The Morgan fingerprint density at radius 1 is 1.75 bits per heavy atom. The van der Waals surface area contributed by atoms with Crippen molar-refractivity contribution < 1.29 is 5.11 Å². The Labute approximate surface area is 71.6 Å². The van der Waals surface area contributed by atoms with E-state index in [1.54, 1.807) is 25.3 Å². The molecular weight excluding hydrogens is 152 g/mol. The van der Waals surface area contributed by atoms with Gasteiger partial charge in [0.2, 0.25) is 0 Å². The Morgan fingerprint density at radius 3 is 2.83 bits per heavy atom. The summed E-state index contributed by atoms with van der Waals surface area (Å²) in [6.45, 7) is 5.34. The van der Waals surface area contributed by atoms with Gasteiger partial charge in [0, 0.05) is 12.2 Å². The molecule has 1 aromatic heterocycles. The topological polar surface area (TPSA) is 59.1 Å². The first kappa shape index (κ1) is 8.74. The molecule has 1 atom stereocenters. The van der Waals surface area contributed by atoms with Crippen molar-refractivity contribution in [1.29, 1.82) is 0 Å². The molecule has 0 aromatic carbocycles. The molecule has 0 saturated carbocycles. The fourth-order valence-electron chi connectivity index (χ4n) is 0.942. The van der Waals surface area contributed by atoms with Crippen molar-refractivity contribution in [3.8, 4) is 5.75 Å². The minimum atomic E-state index is -0.246. The predicted octanol–water partition coefficient (Wildman–Crippen LogP) is 1.45. The van der Waals surface area contributed by atoms with Crippen molar-refractivity contribution in [2.24, 2.45) is 5.73 Å². The fraction of sp³-hybridized carbons (Fsp3) is 0.222. The average Bonchev–Trinajstić information content (AvgIpc) is 2.03. The van der Waals surface area contributed by atoms with E-state index in [9.17, 15) is 5.11 Å². The number of hydrogen-bond acceptors (Lipinski definition) is 3. The zero-order valence-corrected chi connectivity index (χ0v) is 6.99. The van der Waals surface area contributed by atoms with Crippen LogP contribution in [-0.4, -0.2) is 10.1 Å². The molecule has 0 bridgehead atoms. The maximum absolute atomic E-state index is 9.40. The number of pyridine rings is 1. The SMILES string of the molecule is C=Cc1cnc([C@H](C)N)c(O)c1. The van der Waals surface area contributed by atoms with Crippen LogP contribution in [0.1, 0.15) is 24.2 Å². The molecule has 0 spiro atoms. The van der Waals surface area contributed by atoms with Crippen molar-refractivity contribution in [1.82, 2.24) is 4.98 Å². The monoisotopic (exact) mass is 164 g/mol. The second-order valence-electron chi connectivity index (χ2n) is 2.67. The highest BCUT2D eigenvalue weighted by Gasteiger charge is 2.06. The molecule has 3 heteroatoms. The smallest absolute Gasteiger partial charge is 0.139 e. The second kappa shape index (κ2) is 3.36. The van der Waals surface area contributed by atoms with E-state index in [0.717, 1.165) is 5.56 Å². The molecule has 0 amide bonds. The van der Waals surface area contributed by atoms with Gasteiger partial charge < -0.3 is 10.8 Å². The molecule has 0 radical (unpaired) electrons. The van der Waals surface area contributed by atoms with Crippen LogP contribution in [-0.2, 0) is 0 Å². The summed E-state index contributed by atoms with van der Waals surface area (Å²) in [7, 11) is 0. The molecule has 0 aliphatic heterocycles. The highest BCUT2D eigenvalue weighted by atomic mass is 16.3. The van der Waals surface area contributed by atoms with E-state index < -0.39 is 0 Å². The Morgan fingerprint density at radius 2 is 2.42 bits per heavy atom. The van der Waals surface area contributed by atoms with Gasteiger partial charge in [0.25, 0.3) is 0 Å². The summed E-state index contributed by atoms with van der Waals surface area (Å²) in [6, 6.07) is 1.35. The molecule has 0 aliphatic carbocycles. The van der Waals surface area contributed by atoms with Crippen LogP contribution in [0.25, 0.3) is 6.08 Å². The normalized spacial score (nSPS) is 12.5. The molecule has 1 aromatic rings. The lowest BCUT2D eigenvalue weighted by molar-refractivity contribution is 0.458. The van der Waals surface area contributed by atoms with Crippen LogP contribution in [0, 0.1) is 0 Å². The molecular formula is C9H12N2O. The first-order valence-corrected chi connectivity index (χ1v) is 3.72. The zero-order valence-electron chi connectivity index (χ0n) is 6.99. The number of aromatic hydroxyl groups is 1. The second-order valence-corrected chi connectivity index (χ2v) is 2.67. The maximum Gasteiger partial charge on any atom is 0.139 e. The largest absolute Gasteiger partial charge is 0.506 e. The minimum Gasteiger partial charge on any atom is -0.506 e. The molecule has 0 unspecified atom stereocenters. The first-order valence-electron chi connectivity index (χ1n) is 3.72. The fourth-order valence-corrected chi connectivity index (χ4v) is 0.942. The molecule has 3 N–H and O–H groups in total. The van der Waals surface area contributed by atoms with E-state index in [-0.39, 0.29) is 11.8 Å². The molecule has 3 nitrogen and oxygen atoms in total. The summed E-state index contributed by atoms with van der Waals surface area (Å²) in [6.07, 6.45) is 3.25. The maximum atomic E-state index is 9.40. The van der Waals surface area contributed by atoms with Crippen molar-refractivity contribution in [2.75, 3.05) is 0 Å². The van der Waals surface area contributed by atoms with Crippen LogP contribution in [0.3, 0.4) is 0 Å². The van der Waals surface area contributed by atoms with Crippen LogP contribution in [0.2, 0.25) is 0 Å². The van der Waals surface area contributed by atoms with E-state index in [0.29, 0.717) is 5.69 Å². The summed E-state index contributed by atoms with van der Waals surface area (Å²) in [5, 5.41) is 9.40. The first-order chi connectivity index (χ1) is 5.65. The Kier molecular flexibility index (Phi) is 2.45. The van der Waals surface area contributed by atoms with E-state index in [1.165, 1.54) is 0 Å². The lowest BCUT2D eigenvalue weighted by Crippen LogP contribution is -2.07. The number of aromatic nitrogens is 1. The highest BCUT2D eigenvalue weighted by Crippen LogP contribution is 2.20. The van der Waals surface area contributed by atoms with E-state index in [2.05, 4.69) is 11.6 Å². The van der Waals surface area contributed by atoms with Crippen LogP contribution in [0.4, 0.5) is 0 Å². The van der Waals surface area contributed by atoms with Crippen LogP contribution < -0.4 is 5.73 Å². The predicted molar refractivity (Wildman–Crippen MR) is 48.6 cm³/mol. The molecule has 1 heterocycles. The highest BCUT2D eigenvalue weighted by molar-refractivity contribution is 5.49. The van der Waals surface area contributed by atoms with Crippen molar-refractivity contribution in [2.45, 2.75) is 13.0 Å². The quantitative estimate of drug-likeness (QED) is 0.695. The van der Waals surface area contributed by atoms with Crippen LogP contribution in [0.5, 0.6) is 5.75 Å². The number of rotatable bonds is 2. The van der Waals surface area contributed by atoms with Gasteiger partial charge in [0.1, 0.15) is 5.75 Å². The lowest BCUT2D eigenvalue weighted by Gasteiger charge is -2.06. The van der Waals surface area contributed by atoms with Crippen molar-refractivity contribution >= 4 is 6.08 Å². The summed E-state index contributed by atoms with van der Waals surface area (Å²) < 4.78 is 0. The molecule has 0 fully saturated rings. The summed E-state index contributed by atoms with van der Waals surface area (Å²) in [5.74, 6) is 0.127. The van der Waals surface area contributed by atoms with Gasteiger partial charge in [-0.2, -0.15) is 0 Å². The zero-order chi connectivity index (χ0) is 9.14. The van der Waals surface area contributed by atoms with Gasteiger partial charge in [0.05, 0.1) is 5.69 Å². The molecule has 12 heavy (non-hydrogen) atoms. The third kappa shape index (κ3) is 1.62. The van der Waals surface area contributed by atoms with E-state index in [4.69, 9.17) is 5.73 Å². The number of hydrogen-bond donors (Lipinski definition) is 2. The van der Waals surface area contributed by atoms with Crippen LogP contribution in [0.15, 0.2) is 18.8 Å². The summed E-state index contributed by atoms with van der Waals surface area (Å²) in [5.41, 5.74) is 6.86. The Bertz CT molecular complexity index is 295. The van der Waals surface area contributed by atoms with Gasteiger partial charge in [0.15, 0.2) is 0 Å². The third-order valence-corrected chi connectivity index (χ3v) is 1.59. The summed E-state index contributed by atoms with van der Waals surface area (Å²) >= 11 is 0. The number of nitrogens with two attached hydrogens (primary N) is 1. The van der Waals surface area contributed by atoms with Gasteiger partial charge in [-0.15, -0.1) is 0 Å². The Balaban J connectivity index is 3.11. The lowest BCUT2D eigenvalue weighted by atomic mass is 10.1. The minimum absolute atomic E-state index is 0.127. The van der Waals surface area contributed by atoms with E-state index in [1.807, 2.05) is 0 Å². The summed E-state index contributed by atoms with van der Waals surface area (Å²) in [4.78, 5) is 4.00. The molecule has 0 aliphatic rings. The van der Waals surface area contributed by atoms with Gasteiger partial charge in [-0.25, -0.2) is 0 Å². The standard InChI is InChI=1S/C9H12N2O/c1-3-7-4-8(12)9(6(2)10)11-5-7/h3-6,12H,1,10H2,2H3/t6-/m0/s1. The van der Waals surface area contributed by atoms with Gasteiger partial charge in [-0.3, -0.25) is 4.98 Å². The van der Waals surface area contributed by atoms with Crippen molar-refractivity contribution in [3.63, 3.8) is 0 Å². The Hall–Kier alpha value is -1.35. The van der Waals surface area contributed by atoms with Gasteiger partial charge >= 0.3 is 0 Å². The molecule has 64 valence electrons. The average molecular weight is 164 g/mol. The molecule has 1 rings (SSSR count). The van der Waals surface area contributed by atoms with Crippen LogP contribution >= 0.6 is 0 Å². The van der Waals surface area contributed by atoms with Gasteiger partial charge in [-0.05, 0) is 18.6 Å². The van der Waals surface area contributed by atoms with E-state index >= 15 is 0 Å². The number of nitrogens with zero attached hydrogens (tertiary/aromatic N) is 1. The molecule has 0 saturated heterocycles. The van der Waals surface area contributed by atoms with Gasteiger partial charge in [-0.1, -0.05) is 12.7 Å². The third-order valence-electron chi connectivity index (χ3n) is 1.59.